The summed E-state index contributed by atoms with van der Waals surface area (Å²) in [6, 6.07) is 7.89. The number of hydrogen-bond acceptors (Lipinski definition) is 3. The molecule has 0 saturated heterocycles. The molecule has 1 aliphatic rings. The van der Waals surface area contributed by atoms with E-state index >= 15 is 0 Å². The number of carbonyl (C=O) groups excluding carboxylic acids is 2. The van der Waals surface area contributed by atoms with Gasteiger partial charge in [-0.1, -0.05) is 6.92 Å². The monoisotopic (exact) mass is 357 g/mol. The first-order valence-electron chi connectivity index (χ1n) is 9.28. The standard InChI is InChI=1S/C20H27N3O3/c1-3-6-19(24)23(16-9-10-16)15-20(25)22(14-18-8-5-12-26-18)13-17-7-4-11-21(17)2/h4-5,7-8,11-12,16H,3,6,9-10,13-15H2,1-2H3. The van der Waals surface area contributed by atoms with Crippen molar-refractivity contribution in [2.75, 3.05) is 6.54 Å². The van der Waals surface area contributed by atoms with Crippen LogP contribution < -0.4 is 0 Å². The van der Waals surface area contributed by atoms with Crippen LogP contribution in [0.1, 0.15) is 44.1 Å². The summed E-state index contributed by atoms with van der Waals surface area (Å²) in [6.07, 6.45) is 6.88. The zero-order valence-electron chi connectivity index (χ0n) is 15.6. The van der Waals surface area contributed by atoms with Crippen LogP contribution in [-0.4, -0.2) is 38.8 Å². The van der Waals surface area contributed by atoms with Crippen molar-refractivity contribution in [1.82, 2.24) is 14.4 Å². The molecule has 0 bridgehead atoms. The van der Waals surface area contributed by atoms with E-state index in [2.05, 4.69) is 0 Å². The van der Waals surface area contributed by atoms with Gasteiger partial charge in [0.25, 0.3) is 0 Å². The number of furan rings is 1. The quantitative estimate of drug-likeness (QED) is 0.693. The van der Waals surface area contributed by atoms with Gasteiger partial charge in [-0.15, -0.1) is 0 Å². The fourth-order valence-electron chi connectivity index (χ4n) is 3.09. The smallest absolute Gasteiger partial charge is 0.242 e. The minimum Gasteiger partial charge on any atom is -0.467 e. The molecule has 0 unspecified atom stereocenters. The zero-order valence-corrected chi connectivity index (χ0v) is 15.6. The molecule has 0 aromatic carbocycles. The van der Waals surface area contributed by atoms with Crippen LogP contribution in [0.5, 0.6) is 0 Å². The maximum absolute atomic E-state index is 13.0. The third-order valence-electron chi connectivity index (χ3n) is 4.76. The fourth-order valence-corrected chi connectivity index (χ4v) is 3.09. The Morgan fingerprint density at radius 1 is 1.19 bits per heavy atom. The predicted molar refractivity (Wildman–Crippen MR) is 98.0 cm³/mol. The third-order valence-corrected chi connectivity index (χ3v) is 4.76. The van der Waals surface area contributed by atoms with Crippen LogP contribution in [0, 0.1) is 0 Å². The van der Waals surface area contributed by atoms with Crippen molar-refractivity contribution < 1.29 is 14.0 Å². The molecule has 1 saturated carbocycles. The molecule has 2 aromatic heterocycles. The second-order valence-corrected chi connectivity index (χ2v) is 6.94. The van der Waals surface area contributed by atoms with Crippen molar-refractivity contribution in [1.29, 1.82) is 0 Å². The summed E-state index contributed by atoms with van der Waals surface area (Å²) in [5, 5.41) is 0. The summed E-state index contributed by atoms with van der Waals surface area (Å²) in [5.74, 6) is 0.782. The number of aromatic nitrogens is 1. The van der Waals surface area contributed by atoms with Crippen LogP contribution in [-0.2, 0) is 29.7 Å². The third kappa shape index (κ3) is 4.56. The Hall–Kier alpha value is -2.50. The highest BCUT2D eigenvalue weighted by Crippen LogP contribution is 2.27. The fraction of sp³-hybridized carbons (Fsp3) is 0.500. The minimum absolute atomic E-state index is 0.0426. The molecular weight excluding hydrogens is 330 g/mol. The van der Waals surface area contributed by atoms with Gasteiger partial charge in [-0.2, -0.15) is 0 Å². The van der Waals surface area contributed by atoms with Gasteiger partial charge in [0.05, 0.1) is 19.4 Å². The summed E-state index contributed by atoms with van der Waals surface area (Å²) < 4.78 is 7.44. The Kier molecular flexibility index (Phi) is 5.81. The molecule has 1 fully saturated rings. The Bertz CT molecular complexity index is 731. The van der Waals surface area contributed by atoms with Gasteiger partial charge in [0, 0.05) is 31.4 Å². The van der Waals surface area contributed by atoms with Crippen LogP contribution >= 0.6 is 0 Å². The number of rotatable bonds is 9. The van der Waals surface area contributed by atoms with Crippen LogP contribution in [0.25, 0.3) is 0 Å². The molecule has 3 rings (SSSR count). The first-order chi connectivity index (χ1) is 12.6. The lowest BCUT2D eigenvalue weighted by Crippen LogP contribution is -2.43. The molecule has 0 N–H and O–H groups in total. The molecule has 2 heterocycles. The van der Waals surface area contributed by atoms with Gasteiger partial charge in [-0.05, 0) is 43.5 Å². The lowest BCUT2D eigenvalue weighted by molar-refractivity contribution is -0.142. The molecule has 0 atom stereocenters. The van der Waals surface area contributed by atoms with E-state index in [1.54, 1.807) is 16.1 Å². The molecule has 6 heteroatoms. The highest BCUT2D eigenvalue weighted by Gasteiger charge is 2.34. The SMILES string of the molecule is CCCC(=O)N(CC(=O)N(Cc1ccco1)Cc1cccn1C)C1CC1. The summed E-state index contributed by atoms with van der Waals surface area (Å²) in [5.41, 5.74) is 1.04. The lowest BCUT2D eigenvalue weighted by atomic mass is 10.2. The predicted octanol–water partition coefficient (Wildman–Crippen LogP) is 2.94. The van der Waals surface area contributed by atoms with E-state index in [1.807, 2.05) is 49.0 Å². The van der Waals surface area contributed by atoms with E-state index < -0.39 is 0 Å². The molecular formula is C20H27N3O3. The van der Waals surface area contributed by atoms with E-state index in [0.29, 0.717) is 19.5 Å². The Morgan fingerprint density at radius 2 is 2.00 bits per heavy atom. The molecule has 26 heavy (non-hydrogen) atoms. The molecule has 1 aliphatic carbocycles. The number of aryl methyl sites for hydroxylation is 1. The van der Waals surface area contributed by atoms with Crippen molar-refractivity contribution in [3.8, 4) is 0 Å². The topological polar surface area (TPSA) is 58.7 Å². The number of hydrogen-bond donors (Lipinski definition) is 0. The van der Waals surface area contributed by atoms with Crippen LogP contribution in [0.4, 0.5) is 0 Å². The Balaban J connectivity index is 1.72. The molecule has 0 spiro atoms. The summed E-state index contributed by atoms with van der Waals surface area (Å²) in [6.45, 7) is 3.03. The van der Waals surface area contributed by atoms with E-state index in [9.17, 15) is 9.59 Å². The average molecular weight is 357 g/mol. The molecule has 0 radical (unpaired) electrons. The van der Waals surface area contributed by atoms with Gasteiger partial charge in [0.2, 0.25) is 11.8 Å². The molecule has 6 nitrogen and oxygen atoms in total. The van der Waals surface area contributed by atoms with Crippen LogP contribution in [0.2, 0.25) is 0 Å². The Labute approximate surface area is 154 Å². The van der Waals surface area contributed by atoms with Crippen molar-refractivity contribution in [2.45, 2.75) is 51.7 Å². The molecule has 140 valence electrons. The van der Waals surface area contributed by atoms with Gasteiger partial charge in [0.1, 0.15) is 12.3 Å². The van der Waals surface area contributed by atoms with Gasteiger partial charge in [0.15, 0.2) is 0 Å². The van der Waals surface area contributed by atoms with Gasteiger partial charge in [-0.3, -0.25) is 9.59 Å². The first kappa shape index (κ1) is 18.3. The summed E-state index contributed by atoms with van der Waals surface area (Å²) >= 11 is 0. The highest BCUT2D eigenvalue weighted by atomic mass is 16.3. The molecule has 2 amide bonds. The van der Waals surface area contributed by atoms with E-state index in [1.165, 1.54) is 0 Å². The minimum atomic E-state index is -0.0426. The van der Waals surface area contributed by atoms with Crippen LogP contribution in [0.15, 0.2) is 41.1 Å². The number of amides is 2. The van der Waals surface area contributed by atoms with Gasteiger partial charge >= 0.3 is 0 Å². The second kappa shape index (κ2) is 8.25. The van der Waals surface area contributed by atoms with Gasteiger partial charge < -0.3 is 18.8 Å². The van der Waals surface area contributed by atoms with Crippen molar-refractivity contribution in [3.63, 3.8) is 0 Å². The lowest BCUT2D eigenvalue weighted by Gasteiger charge is -2.27. The largest absolute Gasteiger partial charge is 0.467 e. The Morgan fingerprint density at radius 3 is 2.58 bits per heavy atom. The van der Waals surface area contributed by atoms with E-state index in [0.717, 1.165) is 30.7 Å². The van der Waals surface area contributed by atoms with Crippen molar-refractivity contribution >= 4 is 11.8 Å². The zero-order chi connectivity index (χ0) is 18.5. The maximum atomic E-state index is 13.0. The average Bonchev–Trinajstić information content (AvgIpc) is 3.18. The number of nitrogens with zero attached hydrogens (tertiary/aromatic N) is 3. The van der Waals surface area contributed by atoms with Crippen molar-refractivity contribution in [2.24, 2.45) is 7.05 Å². The normalized spacial score (nSPS) is 13.6. The molecule has 2 aromatic rings. The van der Waals surface area contributed by atoms with E-state index in [-0.39, 0.29) is 24.4 Å². The summed E-state index contributed by atoms with van der Waals surface area (Å²) in [4.78, 5) is 29.0. The second-order valence-electron chi connectivity index (χ2n) is 6.94. The first-order valence-corrected chi connectivity index (χ1v) is 9.28. The highest BCUT2D eigenvalue weighted by molar-refractivity contribution is 5.85. The van der Waals surface area contributed by atoms with Gasteiger partial charge in [-0.25, -0.2) is 0 Å². The summed E-state index contributed by atoms with van der Waals surface area (Å²) in [7, 11) is 1.96. The maximum Gasteiger partial charge on any atom is 0.242 e. The van der Waals surface area contributed by atoms with Crippen LogP contribution in [0.3, 0.4) is 0 Å². The van der Waals surface area contributed by atoms with Crippen molar-refractivity contribution in [3.05, 3.63) is 48.2 Å². The number of carbonyl (C=O) groups is 2. The van der Waals surface area contributed by atoms with E-state index in [4.69, 9.17) is 4.42 Å². The molecule has 0 aliphatic heterocycles.